The maximum Gasteiger partial charge on any atom is 0.310 e. The van der Waals surface area contributed by atoms with Crippen molar-refractivity contribution in [1.82, 2.24) is 15.0 Å². The summed E-state index contributed by atoms with van der Waals surface area (Å²) in [5, 5.41) is 4.14. The molecule has 1 fully saturated rings. The lowest BCUT2D eigenvalue weighted by Crippen LogP contribution is -2.47. The van der Waals surface area contributed by atoms with Crippen molar-refractivity contribution < 1.29 is 14.1 Å². The van der Waals surface area contributed by atoms with Crippen molar-refractivity contribution in [2.75, 3.05) is 46.9 Å². The molecule has 0 radical (unpaired) electrons. The Kier molecular flexibility index (Phi) is 5.83. The highest BCUT2D eigenvalue weighted by atomic mass is 16.5. The third kappa shape index (κ3) is 4.67. The van der Waals surface area contributed by atoms with Crippen LogP contribution in [-0.4, -0.2) is 67.8 Å². The SMILES string of the molecule is COC(=O)C(Cc1cc(-c2ccccc2)on1)CN1CCN(C)CC1. The van der Waals surface area contributed by atoms with Gasteiger partial charge in [0.15, 0.2) is 5.76 Å². The Morgan fingerprint density at radius 1 is 1.24 bits per heavy atom. The van der Waals surface area contributed by atoms with Gasteiger partial charge in [-0.15, -0.1) is 0 Å². The Morgan fingerprint density at radius 3 is 2.64 bits per heavy atom. The van der Waals surface area contributed by atoms with Gasteiger partial charge < -0.3 is 14.2 Å². The molecule has 0 aliphatic carbocycles. The number of likely N-dealkylation sites (N-methyl/N-ethyl adjacent to an activating group) is 1. The first-order chi connectivity index (χ1) is 12.2. The van der Waals surface area contributed by atoms with Crippen LogP contribution in [0.25, 0.3) is 11.3 Å². The zero-order chi connectivity index (χ0) is 17.6. The summed E-state index contributed by atoms with van der Waals surface area (Å²) in [6, 6.07) is 11.8. The predicted molar refractivity (Wildman–Crippen MR) is 95.1 cm³/mol. The molecular formula is C19H25N3O3. The lowest BCUT2D eigenvalue weighted by atomic mass is 10.0. The summed E-state index contributed by atoms with van der Waals surface area (Å²) in [7, 11) is 3.56. The molecule has 6 heteroatoms. The number of carbonyl (C=O) groups is 1. The number of carbonyl (C=O) groups excluding carboxylic acids is 1. The fraction of sp³-hybridized carbons (Fsp3) is 0.474. The Morgan fingerprint density at radius 2 is 1.96 bits per heavy atom. The Balaban J connectivity index is 1.66. The van der Waals surface area contributed by atoms with E-state index in [0.29, 0.717) is 13.0 Å². The van der Waals surface area contributed by atoms with E-state index in [1.165, 1.54) is 7.11 Å². The van der Waals surface area contributed by atoms with Crippen LogP contribution in [0.1, 0.15) is 5.69 Å². The average Bonchev–Trinajstić information content (AvgIpc) is 3.11. The Bertz CT molecular complexity index is 678. The van der Waals surface area contributed by atoms with Crippen molar-refractivity contribution in [3.8, 4) is 11.3 Å². The number of hydrogen-bond acceptors (Lipinski definition) is 6. The fourth-order valence-electron chi connectivity index (χ4n) is 3.13. The standard InChI is InChI=1S/C19H25N3O3/c1-21-8-10-22(11-9-21)14-16(19(23)24-2)12-17-13-18(25-20-17)15-6-4-3-5-7-15/h3-7,13,16H,8-12,14H2,1-2H3. The highest BCUT2D eigenvalue weighted by Crippen LogP contribution is 2.22. The molecular weight excluding hydrogens is 318 g/mol. The highest BCUT2D eigenvalue weighted by Gasteiger charge is 2.26. The average molecular weight is 343 g/mol. The molecule has 0 bridgehead atoms. The van der Waals surface area contributed by atoms with Gasteiger partial charge in [0.2, 0.25) is 0 Å². The summed E-state index contributed by atoms with van der Waals surface area (Å²) >= 11 is 0. The van der Waals surface area contributed by atoms with Crippen molar-refractivity contribution in [3.63, 3.8) is 0 Å². The molecule has 134 valence electrons. The summed E-state index contributed by atoms with van der Waals surface area (Å²) in [6.45, 7) is 4.68. The quantitative estimate of drug-likeness (QED) is 0.747. The van der Waals surface area contributed by atoms with Crippen molar-refractivity contribution in [3.05, 3.63) is 42.1 Å². The molecule has 1 aromatic carbocycles. The minimum absolute atomic E-state index is 0.191. The number of piperazine rings is 1. The first-order valence-corrected chi connectivity index (χ1v) is 8.65. The van der Waals surface area contributed by atoms with Gasteiger partial charge in [-0.25, -0.2) is 0 Å². The lowest BCUT2D eigenvalue weighted by Gasteiger charge is -2.33. The summed E-state index contributed by atoms with van der Waals surface area (Å²) in [5.41, 5.74) is 1.76. The largest absolute Gasteiger partial charge is 0.469 e. The molecule has 3 rings (SSSR count). The van der Waals surface area contributed by atoms with Crippen LogP contribution in [0.3, 0.4) is 0 Å². The van der Waals surface area contributed by atoms with E-state index in [2.05, 4.69) is 22.0 Å². The summed E-state index contributed by atoms with van der Waals surface area (Å²) < 4.78 is 10.5. The Labute approximate surface area is 148 Å². The van der Waals surface area contributed by atoms with Crippen LogP contribution in [-0.2, 0) is 16.0 Å². The lowest BCUT2D eigenvalue weighted by molar-refractivity contribution is -0.146. The van der Waals surface area contributed by atoms with Crippen LogP contribution >= 0.6 is 0 Å². The second-order valence-electron chi connectivity index (χ2n) is 6.58. The maximum absolute atomic E-state index is 12.2. The fourth-order valence-corrected chi connectivity index (χ4v) is 3.13. The number of nitrogens with zero attached hydrogens (tertiary/aromatic N) is 3. The molecule has 25 heavy (non-hydrogen) atoms. The first kappa shape index (κ1) is 17.6. The molecule has 0 spiro atoms. The van der Waals surface area contributed by atoms with E-state index < -0.39 is 0 Å². The van der Waals surface area contributed by atoms with Crippen LogP contribution in [0.4, 0.5) is 0 Å². The molecule has 0 amide bonds. The smallest absolute Gasteiger partial charge is 0.310 e. The normalized spacial score (nSPS) is 17.4. The monoisotopic (exact) mass is 343 g/mol. The number of methoxy groups -OCH3 is 1. The van der Waals surface area contributed by atoms with Gasteiger partial charge in [-0.2, -0.15) is 0 Å². The highest BCUT2D eigenvalue weighted by molar-refractivity contribution is 5.73. The van der Waals surface area contributed by atoms with E-state index >= 15 is 0 Å². The van der Waals surface area contributed by atoms with E-state index in [1.807, 2.05) is 36.4 Å². The van der Waals surface area contributed by atoms with E-state index in [9.17, 15) is 4.79 Å². The molecule has 1 unspecified atom stereocenters. The van der Waals surface area contributed by atoms with Crippen molar-refractivity contribution >= 4 is 5.97 Å². The molecule has 1 aromatic heterocycles. The third-order valence-electron chi connectivity index (χ3n) is 4.68. The third-order valence-corrected chi connectivity index (χ3v) is 4.68. The van der Waals surface area contributed by atoms with Gasteiger partial charge in [-0.05, 0) is 7.05 Å². The van der Waals surface area contributed by atoms with Gasteiger partial charge >= 0.3 is 5.97 Å². The number of hydrogen-bond donors (Lipinski definition) is 0. The van der Waals surface area contributed by atoms with E-state index in [-0.39, 0.29) is 11.9 Å². The first-order valence-electron chi connectivity index (χ1n) is 8.65. The number of esters is 1. The van der Waals surface area contributed by atoms with Crippen LogP contribution in [0.15, 0.2) is 40.9 Å². The summed E-state index contributed by atoms with van der Waals surface area (Å²) in [4.78, 5) is 16.8. The molecule has 2 heterocycles. The van der Waals surface area contributed by atoms with Gasteiger partial charge in [-0.3, -0.25) is 9.69 Å². The van der Waals surface area contributed by atoms with Gasteiger partial charge in [0.05, 0.1) is 18.7 Å². The van der Waals surface area contributed by atoms with Gasteiger partial charge in [0.25, 0.3) is 0 Å². The summed E-state index contributed by atoms with van der Waals surface area (Å²) in [6.07, 6.45) is 0.523. The topological polar surface area (TPSA) is 58.8 Å². The van der Waals surface area contributed by atoms with Crippen LogP contribution in [0.2, 0.25) is 0 Å². The van der Waals surface area contributed by atoms with Crippen LogP contribution in [0.5, 0.6) is 0 Å². The zero-order valence-corrected chi connectivity index (χ0v) is 14.9. The van der Waals surface area contributed by atoms with E-state index in [1.54, 1.807) is 0 Å². The van der Waals surface area contributed by atoms with Gasteiger partial charge in [0.1, 0.15) is 0 Å². The zero-order valence-electron chi connectivity index (χ0n) is 14.9. The number of ether oxygens (including phenoxy) is 1. The molecule has 1 atom stereocenters. The molecule has 1 aliphatic rings. The molecule has 1 saturated heterocycles. The maximum atomic E-state index is 12.2. The Hall–Kier alpha value is -2.18. The van der Waals surface area contributed by atoms with Gasteiger partial charge in [0, 0.05) is 50.8 Å². The van der Waals surface area contributed by atoms with Crippen LogP contribution < -0.4 is 0 Å². The second-order valence-corrected chi connectivity index (χ2v) is 6.58. The second kappa shape index (κ2) is 8.27. The number of aromatic nitrogens is 1. The summed E-state index contributed by atoms with van der Waals surface area (Å²) in [5.74, 6) is 0.295. The minimum atomic E-state index is -0.234. The predicted octanol–water partition coefficient (Wildman–Crippen LogP) is 1.92. The molecule has 2 aromatic rings. The van der Waals surface area contributed by atoms with E-state index in [0.717, 1.165) is 43.2 Å². The molecule has 0 N–H and O–H groups in total. The van der Waals surface area contributed by atoms with Crippen molar-refractivity contribution in [1.29, 1.82) is 0 Å². The minimum Gasteiger partial charge on any atom is -0.469 e. The number of benzene rings is 1. The molecule has 0 saturated carbocycles. The van der Waals surface area contributed by atoms with Crippen molar-refractivity contribution in [2.45, 2.75) is 6.42 Å². The van der Waals surface area contributed by atoms with Gasteiger partial charge in [-0.1, -0.05) is 35.5 Å². The number of rotatable bonds is 6. The van der Waals surface area contributed by atoms with E-state index in [4.69, 9.17) is 9.26 Å². The molecule has 1 aliphatic heterocycles. The van der Waals surface area contributed by atoms with Crippen LogP contribution in [0, 0.1) is 5.92 Å². The molecule has 6 nitrogen and oxygen atoms in total. The van der Waals surface area contributed by atoms with Crippen molar-refractivity contribution in [2.24, 2.45) is 5.92 Å².